The third kappa shape index (κ3) is 6.22. The Balaban J connectivity index is 1.80. The lowest BCUT2D eigenvalue weighted by Gasteiger charge is -2.22. The third-order valence-corrected chi connectivity index (χ3v) is 5.33. The summed E-state index contributed by atoms with van der Waals surface area (Å²) in [6, 6.07) is 7.91. The molecule has 0 spiro atoms. The molecule has 1 fully saturated rings. The Morgan fingerprint density at radius 3 is 2.83 bits per heavy atom. The normalized spacial score (nSPS) is 18.0. The molecule has 1 saturated heterocycles. The van der Waals surface area contributed by atoms with E-state index in [1.807, 2.05) is 31.2 Å². The number of hydrogen-bond acceptors (Lipinski definition) is 4. The fourth-order valence-electron chi connectivity index (χ4n) is 2.75. The van der Waals surface area contributed by atoms with Gasteiger partial charge in [-0.25, -0.2) is 8.42 Å². The fraction of sp³-hybridized carbons (Fsp3) is 0.588. The van der Waals surface area contributed by atoms with Crippen LogP contribution >= 0.6 is 0 Å². The van der Waals surface area contributed by atoms with E-state index in [2.05, 4.69) is 5.32 Å². The zero-order valence-corrected chi connectivity index (χ0v) is 15.1. The highest BCUT2D eigenvalue weighted by Crippen LogP contribution is 2.15. The average molecular weight is 354 g/mol. The Bertz CT molecular complexity index is 654. The lowest BCUT2D eigenvalue weighted by Crippen LogP contribution is -2.39. The molecule has 0 aromatic heterocycles. The molecule has 6 nitrogen and oxygen atoms in total. The molecule has 0 aliphatic carbocycles. The molecule has 1 heterocycles. The van der Waals surface area contributed by atoms with Crippen LogP contribution in [-0.2, 0) is 26.1 Å². The van der Waals surface area contributed by atoms with Crippen molar-refractivity contribution in [3.63, 3.8) is 0 Å². The van der Waals surface area contributed by atoms with Crippen molar-refractivity contribution < 1.29 is 17.9 Å². The van der Waals surface area contributed by atoms with Crippen molar-refractivity contribution in [2.45, 2.75) is 38.8 Å². The Kier molecular flexibility index (Phi) is 6.77. The minimum atomic E-state index is -3.35. The summed E-state index contributed by atoms with van der Waals surface area (Å²) in [6.07, 6.45) is 3.08. The smallest absolute Gasteiger partial charge is 0.221 e. The lowest BCUT2D eigenvalue weighted by molar-refractivity contribution is -0.121. The van der Waals surface area contributed by atoms with E-state index in [9.17, 15) is 13.2 Å². The summed E-state index contributed by atoms with van der Waals surface area (Å²) in [6.45, 7) is 3.63. The van der Waals surface area contributed by atoms with Crippen LogP contribution in [0.15, 0.2) is 24.3 Å². The van der Waals surface area contributed by atoms with Gasteiger partial charge < -0.3 is 10.1 Å². The van der Waals surface area contributed by atoms with Gasteiger partial charge in [-0.2, -0.15) is 4.31 Å². The van der Waals surface area contributed by atoms with Gasteiger partial charge in [0.1, 0.15) is 0 Å². The number of rotatable bonds is 8. The lowest BCUT2D eigenvalue weighted by atomic mass is 10.1. The summed E-state index contributed by atoms with van der Waals surface area (Å²) in [5.41, 5.74) is 2.17. The highest BCUT2D eigenvalue weighted by atomic mass is 32.2. The molecule has 24 heavy (non-hydrogen) atoms. The van der Waals surface area contributed by atoms with Crippen molar-refractivity contribution in [1.29, 1.82) is 0 Å². The van der Waals surface area contributed by atoms with Gasteiger partial charge in [0.15, 0.2) is 0 Å². The molecular formula is C17H26N2O4S. The molecule has 0 radical (unpaired) electrons. The van der Waals surface area contributed by atoms with Crippen LogP contribution in [0.2, 0.25) is 0 Å². The SMILES string of the molecule is Cc1cccc(CNC(=O)CCN(CC2CCCO2)S(C)(=O)=O)c1. The molecule has 0 saturated carbocycles. The van der Waals surface area contributed by atoms with Gasteiger partial charge in [0, 0.05) is 32.7 Å². The van der Waals surface area contributed by atoms with Crippen LogP contribution in [0.1, 0.15) is 30.4 Å². The van der Waals surface area contributed by atoms with Crippen LogP contribution < -0.4 is 5.32 Å². The van der Waals surface area contributed by atoms with Gasteiger partial charge in [-0.3, -0.25) is 4.79 Å². The fourth-order valence-corrected chi connectivity index (χ4v) is 3.61. The van der Waals surface area contributed by atoms with Gasteiger partial charge >= 0.3 is 0 Å². The Morgan fingerprint density at radius 2 is 2.21 bits per heavy atom. The Morgan fingerprint density at radius 1 is 1.42 bits per heavy atom. The van der Waals surface area contributed by atoms with Crippen molar-refractivity contribution in [2.75, 3.05) is 26.0 Å². The van der Waals surface area contributed by atoms with E-state index >= 15 is 0 Å². The first kappa shape index (κ1) is 18.9. The predicted molar refractivity (Wildman–Crippen MR) is 93.0 cm³/mol. The van der Waals surface area contributed by atoms with Crippen molar-refractivity contribution in [3.05, 3.63) is 35.4 Å². The number of ether oxygens (including phenoxy) is 1. The van der Waals surface area contributed by atoms with E-state index in [-0.39, 0.29) is 25.0 Å². The van der Waals surface area contributed by atoms with E-state index in [0.29, 0.717) is 19.7 Å². The predicted octanol–water partition coefficient (Wildman–Crippen LogP) is 1.44. The third-order valence-electron chi connectivity index (χ3n) is 4.06. The van der Waals surface area contributed by atoms with Crippen LogP contribution in [0.3, 0.4) is 0 Å². The maximum Gasteiger partial charge on any atom is 0.221 e. The molecule has 1 aromatic carbocycles. The molecule has 1 aliphatic rings. The number of carbonyl (C=O) groups excluding carboxylic acids is 1. The second kappa shape index (κ2) is 8.60. The van der Waals surface area contributed by atoms with E-state index in [0.717, 1.165) is 24.0 Å². The van der Waals surface area contributed by atoms with Gasteiger partial charge in [-0.1, -0.05) is 29.8 Å². The molecule has 1 unspecified atom stereocenters. The van der Waals surface area contributed by atoms with Crippen molar-refractivity contribution in [1.82, 2.24) is 9.62 Å². The summed E-state index contributed by atoms with van der Waals surface area (Å²) in [4.78, 5) is 12.0. The second-order valence-corrected chi connectivity index (χ2v) is 8.25. The van der Waals surface area contributed by atoms with Crippen LogP contribution in [-0.4, -0.2) is 50.7 Å². The van der Waals surface area contributed by atoms with E-state index in [1.54, 1.807) is 0 Å². The summed E-state index contributed by atoms with van der Waals surface area (Å²) in [5.74, 6) is -0.155. The highest BCUT2D eigenvalue weighted by Gasteiger charge is 2.25. The number of carbonyl (C=O) groups is 1. The number of benzene rings is 1. The zero-order chi connectivity index (χ0) is 17.6. The molecule has 7 heteroatoms. The van der Waals surface area contributed by atoms with Gasteiger partial charge in [0.25, 0.3) is 0 Å². The van der Waals surface area contributed by atoms with E-state index in [1.165, 1.54) is 10.6 Å². The Hall–Kier alpha value is -1.44. The summed E-state index contributed by atoms with van der Waals surface area (Å²) in [5, 5.41) is 2.83. The molecule has 1 N–H and O–H groups in total. The van der Waals surface area contributed by atoms with Gasteiger partial charge in [-0.15, -0.1) is 0 Å². The minimum Gasteiger partial charge on any atom is -0.377 e. The topological polar surface area (TPSA) is 75.7 Å². The zero-order valence-electron chi connectivity index (χ0n) is 14.3. The first-order valence-corrected chi connectivity index (χ1v) is 10.1. The summed E-state index contributed by atoms with van der Waals surface area (Å²) in [7, 11) is -3.35. The van der Waals surface area contributed by atoms with E-state index < -0.39 is 10.0 Å². The summed E-state index contributed by atoms with van der Waals surface area (Å²) < 4.78 is 30.6. The van der Waals surface area contributed by atoms with Gasteiger partial charge in [0.05, 0.1) is 12.4 Å². The standard InChI is InChI=1S/C17H26N2O4S/c1-14-5-3-6-15(11-14)12-18-17(20)8-9-19(24(2,21)22)13-16-7-4-10-23-16/h3,5-6,11,16H,4,7-10,12-13H2,1-2H3,(H,18,20). The molecule has 1 atom stereocenters. The minimum absolute atomic E-state index is 0.0601. The Labute approximate surface area is 144 Å². The van der Waals surface area contributed by atoms with Gasteiger partial charge in [0.2, 0.25) is 15.9 Å². The molecule has 1 aliphatic heterocycles. The molecule has 1 amide bonds. The maximum absolute atomic E-state index is 12.0. The number of sulfonamides is 1. The number of nitrogens with one attached hydrogen (secondary N) is 1. The monoisotopic (exact) mass is 354 g/mol. The second-order valence-electron chi connectivity index (χ2n) is 6.27. The molecule has 2 rings (SSSR count). The number of nitrogens with zero attached hydrogens (tertiary/aromatic N) is 1. The number of aryl methyl sites for hydroxylation is 1. The molecule has 0 bridgehead atoms. The molecular weight excluding hydrogens is 328 g/mol. The number of hydrogen-bond donors (Lipinski definition) is 1. The summed E-state index contributed by atoms with van der Waals surface area (Å²) >= 11 is 0. The quantitative estimate of drug-likeness (QED) is 0.766. The molecule has 1 aromatic rings. The average Bonchev–Trinajstić information content (AvgIpc) is 3.01. The highest BCUT2D eigenvalue weighted by molar-refractivity contribution is 7.88. The van der Waals surface area contributed by atoms with Crippen LogP contribution in [0.25, 0.3) is 0 Å². The molecule has 134 valence electrons. The van der Waals surface area contributed by atoms with Crippen LogP contribution in [0.4, 0.5) is 0 Å². The number of amides is 1. The van der Waals surface area contributed by atoms with Crippen molar-refractivity contribution in [2.24, 2.45) is 0 Å². The largest absolute Gasteiger partial charge is 0.377 e. The first-order valence-electron chi connectivity index (χ1n) is 8.23. The van der Waals surface area contributed by atoms with Crippen molar-refractivity contribution >= 4 is 15.9 Å². The van der Waals surface area contributed by atoms with Gasteiger partial charge in [-0.05, 0) is 25.3 Å². The van der Waals surface area contributed by atoms with Crippen LogP contribution in [0, 0.1) is 6.92 Å². The maximum atomic E-state index is 12.0. The van der Waals surface area contributed by atoms with Crippen LogP contribution in [0.5, 0.6) is 0 Å². The first-order chi connectivity index (χ1) is 11.3. The van der Waals surface area contributed by atoms with E-state index in [4.69, 9.17) is 4.74 Å². The van der Waals surface area contributed by atoms with Crippen molar-refractivity contribution in [3.8, 4) is 0 Å².